The van der Waals surface area contributed by atoms with Crippen molar-refractivity contribution in [1.82, 2.24) is 9.78 Å². The molecule has 17 heavy (non-hydrogen) atoms. The van der Waals surface area contributed by atoms with Crippen molar-refractivity contribution >= 4 is 0 Å². The molecule has 4 heteroatoms. The van der Waals surface area contributed by atoms with E-state index in [4.69, 9.17) is 4.74 Å². The van der Waals surface area contributed by atoms with Gasteiger partial charge in [0.2, 0.25) is 0 Å². The molecule has 2 rings (SSSR count). The highest BCUT2D eigenvalue weighted by Gasteiger charge is 2.05. The first-order valence-corrected chi connectivity index (χ1v) is 5.57. The molecule has 1 heterocycles. The lowest BCUT2D eigenvalue weighted by atomic mass is 10.2. The van der Waals surface area contributed by atoms with Gasteiger partial charge in [-0.2, -0.15) is 5.10 Å². The molecule has 0 bridgehead atoms. The predicted molar refractivity (Wildman–Crippen MR) is 63.3 cm³/mol. The summed E-state index contributed by atoms with van der Waals surface area (Å²) in [7, 11) is 0. The molecule has 1 aromatic carbocycles. The van der Waals surface area contributed by atoms with Crippen LogP contribution in [0.5, 0.6) is 5.75 Å². The van der Waals surface area contributed by atoms with E-state index < -0.39 is 0 Å². The van der Waals surface area contributed by atoms with E-state index >= 15 is 0 Å². The van der Waals surface area contributed by atoms with Crippen LogP contribution in [0.2, 0.25) is 0 Å². The maximum atomic E-state index is 13.3. The molecule has 0 radical (unpaired) electrons. The molecule has 0 aliphatic rings. The monoisotopic (exact) mass is 234 g/mol. The van der Waals surface area contributed by atoms with E-state index in [2.05, 4.69) is 5.10 Å². The topological polar surface area (TPSA) is 27.1 Å². The number of hydrogen-bond acceptors (Lipinski definition) is 2. The highest BCUT2D eigenvalue weighted by molar-refractivity contribution is 5.18. The molecule has 0 aliphatic heterocycles. The lowest BCUT2D eigenvalue weighted by Gasteiger charge is -2.05. The molecule has 0 saturated heterocycles. The summed E-state index contributed by atoms with van der Waals surface area (Å²) in [6.07, 6.45) is 3.45. The van der Waals surface area contributed by atoms with Crippen LogP contribution in [0.25, 0.3) is 0 Å². The second-order valence-corrected chi connectivity index (χ2v) is 4.13. The van der Waals surface area contributed by atoms with Crippen LogP contribution in [0.1, 0.15) is 25.5 Å². The van der Waals surface area contributed by atoms with Gasteiger partial charge in [0.05, 0.1) is 12.4 Å². The van der Waals surface area contributed by atoms with Crippen LogP contribution in [0.15, 0.2) is 36.7 Å². The normalized spacial score (nSPS) is 10.8. The molecule has 0 atom stereocenters. The third kappa shape index (κ3) is 2.84. The first-order chi connectivity index (χ1) is 8.16. The van der Waals surface area contributed by atoms with Gasteiger partial charge in [0.15, 0.2) is 5.75 Å². The Bertz CT molecular complexity index is 494. The van der Waals surface area contributed by atoms with Crippen LogP contribution in [0.4, 0.5) is 4.39 Å². The number of aromatic nitrogens is 2. The molecular weight excluding hydrogens is 219 g/mol. The second kappa shape index (κ2) is 4.99. The summed E-state index contributed by atoms with van der Waals surface area (Å²) in [5.41, 5.74) is 0.546. The third-order valence-electron chi connectivity index (χ3n) is 2.46. The zero-order chi connectivity index (χ0) is 12.3. The number of benzene rings is 1. The van der Waals surface area contributed by atoms with Crippen LogP contribution in [-0.4, -0.2) is 9.78 Å². The maximum Gasteiger partial charge on any atom is 0.157 e. The van der Waals surface area contributed by atoms with E-state index in [9.17, 15) is 4.39 Å². The highest BCUT2D eigenvalue weighted by Crippen LogP contribution is 2.15. The molecule has 0 amide bonds. The van der Waals surface area contributed by atoms with Gasteiger partial charge < -0.3 is 4.74 Å². The van der Waals surface area contributed by atoms with Gasteiger partial charge in [-0.15, -0.1) is 0 Å². The summed E-state index contributed by atoms with van der Waals surface area (Å²) in [4.78, 5) is 0. The smallest absolute Gasteiger partial charge is 0.157 e. The Morgan fingerprint density at radius 1 is 1.35 bits per heavy atom. The molecule has 1 aromatic heterocycles. The SMILES string of the molecule is CC(C)n1cc(OCc2ccccc2F)cn1. The Kier molecular flexibility index (Phi) is 3.42. The van der Waals surface area contributed by atoms with E-state index in [1.807, 2.05) is 20.0 Å². The van der Waals surface area contributed by atoms with Crippen LogP contribution in [0, 0.1) is 5.82 Å². The van der Waals surface area contributed by atoms with Crippen molar-refractivity contribution < 1.29 is 9.13 Å². The van der Waals surface area contributed by atoms with E-state index in [-0.39, 0.29) is 12.4 Å². The predicted octanol–water partition coefficient (Wildman–Crippen LogP) is 3.18. The Morgan fingerprint density at radius 2 is 2.12 bits per heavy atom. The van der Waals surface area contributed by atoms with Gasteiger partial charge in [-0.05, 0) is 19.9 Å². The number of nitrogens with zero attached hydrogens (tertiary/aromatic N) is 2. The number of hydrogen-bond donors (Lipinski definition) is 0. The standard InChI is InChI=1S/C13H15FN2O/c1-10(2)16-8-12(7-15-16)17-9-11-5-3-4-6-13(11)14/h3-8,10H,9H2,1-2H3. The van der Waals surface area contributed by atoms with Crippen molar-refractivity contribution in [3.8, 4) is 5.75 Å². The third-order valence-corrected chi connectivity index (χ3v) is 2.46. The molecule has 0 aliphatic carbocycles. The van der Waals surface area contributed by atoms with E-state index in [1.165, 1.54) is 6.07 Å². The Hall–Kier alpha value is -1.84. The van der Waals surface area contributed by atoms with Gasteiger partial charge in [0, 0.05) is 11.6 Å². The van der Waals surface area contributed by atoms with Crippen molar-refractivity contribution in [2.45, 2.75) is 26.5 Å². The van der Waals surface area contributed by atoms with Crippen molar-refractivity contribution in [3.63, 3.8) is 0 Å². The fourth-order valence-electron chi connectivity index (χ4n) is 1.45. The first-order valence-electron chi connectivity index (χ1n) is 5.57. The minimum Gasteiger partial charge on any atom is -0.486 e. The molecule has 0 saturated carbocycles. The molecule has 0 N–H and O–H groups in total. The van der Waals surface area contributed by atoms with Gasteiger partial charge in [-0.1, -0.05) is 18.2 Å². The van der Waals surface area contributed by atoms with Crippen LogP contribution >= 0.6 is 0 Å². The van der Waals surface area contributed by atoms with Gasteiger partial charge in [-0.3, -0.25) is 4.68 Å². The Labute approximate surface area is 99.8 Å². The largest absolute Gasteiger partial charge is 0.486 e. The minimum atomic E-state index is -0.247. The number of ether oxygens (including phenoxy) is 1. The Balaban J connectivity index is 2.00. The lowest BCUT2D eigenvalue weighted by molar-refractivity contribution is 0.299. The molecule has 0 fully saturated rings. The quantitative estimate of drug-likeness (QED) is 0.812. The molecular formula is C13H15FN2O. The fraction of sp³-hybridized carbons (Fsp3) is 0.308. The second-order valence-electron chi connectivity index (χ2n) is 4.13. The fourth-order valence-corrected chi connectivity index (χ4v) is 1.45. The summed E-state index contributed by atoms with van der Waals surface area (Å²) in [5.74, 6) is 0.408. The molecule has 3 nitrogen and oxygen atoms in total. The zero-order valence-electron chi connectivity index (χ0n) is 9.93. The van der Waals surface area contributed by atoms with E-state index in [0.29, 0.717) is 17.4 Å². The summed E-state index contributed by atoms with van der Waals surface area (Å²) in [5, 5.41) is 4.15. The number of halogens is 1. The van der Waals surface area contributed by atoms with Crippen molar-refractivity contribution in [3.05, 3.63) is 48.0 Å². The molecule has 2 aromatic rings. The summed E-state index contributed by atoms with van der Waals surface area (Å²) in [6.45, 7) is 4.29. The van der Waals surface area contributed by atoms with Gasteiger partial charge in [0.25, 0.3) is 0 Å². The van der Waals surface area contributed by atoms with Crippen LogP contribution < -0.4 is 4.74 Å². The van der Waals surface area contributed by atoms with E-state index in [1.54, 1.807) is 29.1 Å². The molecule has 0 spiro atoms. The molecule has 90 valence electrons. The highest BCUT2D eigenvalue weighted by atomic mass is 19.1. The average molecular weight is 234 g/mol. The van der Waals surface area contributed by atoms with Crippen molar-refractivity contribution in [2.75, 3.05) is 0 Å². The van der Waals surface area contributed by atoms with Gasteiger partial charge in [-0.25, -0.2) is 4.39 Å². The van der Waals surface area contributed by atoms with E-state index in [0.717, 1.165) is 0 Å². The molecule has 0 unspecified atom stereocenters. The maximum absolute atomic E-state index is 13.3. The number of rotatable bonds is 4. The van der Waals surface area contributed by atoms with Gasteiger partial charge >= 0.3 is 0 Å². The average Bonchev–Trinajstić information content (AvgIpc) is 2.77. The van der Waals surface area contributed by atoms with Crippen molar-refractivity contribution in [2.24, 2.45) is 0 Å². The van der Waals surface area contributed by atoms with Crippen LogP contribution in [0.3, 0.4) is 0 Å². The summed E-state index contributed by atoms with van der Waals surface area (Å²) < 4.78 is 20.6. The van der Waals surface area contributed by atoms with Crippen LogP contribution in [-0.2, 0) is 6.61 Å². The van der Waals surface area contributed by atoms with Gasteiger partial charge in [0.1, 0.15) is 12.4 Å². The summed E-state index contributed by atoms with van der Waals surface area (Å²) in [6, 6.07) is 6.88. The Morgan fingerprint density at radius 3 is 2.76 bits per heavy atom. The summed E-state index contributed by atoms with van der Waals surface area (Å²) >= 11 is 0. The first kappa shape index (κ1) is 11.6. The zero-order valence-corrected chi connectivity index (χ0v) is 9.93. The lowest BCUT2D eigenvalue weighted by Crippen LogP contribution is -2.00. The van der Waals surface area contributed by atoms with Crippen molar-refractivity contribution in [1.29, 1.82) is 0 Å². The minimum absolute atomic E-state index is 0.219.